The van der Waals surface area contributed by atoms with Crippen LogP contribution in [0.4, 0.5) is 11.4 Å². The van der Waals surface area contributed by atoms with Gasteiger partial charge in [0.05, 0.1) is 22.0 Å². The van der Waals surface area contributed by atoms with Crippen LogP contribution in [0.1, 0.15) is 15.9 Å². The fourth-order valence-electron chi connectivity index (χ4n) is 2.52. The van der Waals surface area contributed by atoms with Gasteiger partial charge in [0, 0.05) is 21.7 Å². The Kier molecular flexibility index (Phi) is 5.31. The summed E-state index contributed by atoms with van der Waals surface area (Å²) in [5.41, 5.74) is 5.10. The van der Waals surface area contributed by atoms with E-state index in [0.717, 1.165) is 20.5 Å². The number of aromatic nitrogens is 1. The molecular weight excluding hydrogens is 453 g/mol. The highest BCUT2D eigenvalue weighted by Crippen LogP contribution is 2.31. The van der Waals surface area contributed by atoms with Crippen LogP contribution >= 0.6 is 34.2 Å². The summed E-state index contributed by atoms with van der Waals surface area (Å²) in [6, 6.07) is 13.1. The first-order valence-electron chi connectivity index (χ1n) is 7.44. The molecule has 3 N–H and O–H groups in total. The number of hydrogen-bond donors (Lipinski definition) is 3. The van der Waals surface area contributed by atoms with Gasteiger partial charge >= 0.3 is 0 Å². The molecule has 0 spiro atoms. The molecule has 0 atom stereocenters. The average molecular weight is 468 g/mol. The molecule has 0 unspecified atom stereocenters. The van der Waals surface area contributed by atoms with Crippen LogP contribution in [0.25, 0.3) is 5.69 Å². The summed E-state index contributed by atoms with van der Waals surface area (Å²) in [4.78, 5) is 12.0. The number of nitrogens with zero attached hydrogens (tertiary/aromatic N) is 1. The van der Waals surface area contributed by atoms with Crippen molar-refractivity contribution in [3.05, 3.63) is 74.6 Å². The fraction of sp³-hybridized carbons (Fsp3) is 0.0556. The lowest BCUT2D eigenvalue weighted by Gasteiger charge is -2.16. The van der Waals surface area contributed by atoms with Gasteiger partial charge in [-0.2, -0.15) is 0 Å². The molecule has 3 rings (SSSR count). The lowest BCUT2D eigenvalue weighted by molar-refractivity contribution is 0.0707. The van der Waals surface area contributed by atoms with Crippen LogP contribution < -0.4 is 10.8 Å². The van der Waals surface area contributed by atoms with E-state index in [0.29, 0.717) is 10.7 Å². The third-order valence-corrected chi connectivity index (χ3v) is 4.75. The Bertz CT molecular complexity index is 926. The molecule has 0 aliphatic heterocycles. The normalized spacial score (nSPS) is 10.6. The number of hydrogen-bond acceptors (Lipinski definition) is 3. The third-order valence-electron chi connectivity index (χ3n) is 3.77. The molecule has 3 aromatic rings. The average Bonchev–Trinajstić information content (AvgIpc) is 3.12. The van der Waals surface area contributed by atoms with Crippen LogP contribution in [0.15, 0.2) is 54.9 Å². The van der Waals surface area contributed by atoms with Gasteiger partial charge in [0.15, 0.2) is 0 Å². The molecule has 1 aromatic heterocycles. The number of carbonyl (C=O) groups excluding carboxylic acids is 1. The van der Waals surface area contributed by atoms with Crippen LogP contribution in [-0.2, 0) is 0 Å². The van der Waals surface area contributed by atoms with E-state index in [9.17, 15) is 4.79 Å². The van der Waals surface area contributed by atoms with Crippen molar-refractivity contribution < 1.29 is 10.0 Å². The van der Waals surface area contributed by atoms with E-state index in [4.69, 9.17) is 16.8 Å². The molecule has 7 heteroatoms. The Morgan fingerprint density at radius 2 is 1.88 bits per heavy atom. The molecule has 5 nitrogen and oxygen atoms in total. The molecule has 0 radical (unpaired) electrons. The summed E-state index contributed by atoms with van der Waals surface area (Å²) in [7, 11) is 0. The van der Waals surface area contributed by atoms with E-state index in [-0.39, 0.29) is 5.56 Å². The Balaban J connectivity index is 2.11. The third kappa shape index (κ3) is 3.81. The number of benzene rings is 2. The monoisotopic (exact) mass is 467 g/mol. The number of halogens is 2. The summed E-state index contributed by atoms with van der Waals surface area (Å²) in [5.74, 6) is -0.633. The van der Waals surface area contributed by atoms with Gasteiger partial charge in [-0.1, -0.05) is 11.6 Å². The number of anilines is 2. The summed E-state index contributed by atoms with van der Waals surface area (Å²) < 4.78 is 2.98. The SMILES string of the molecule is Cc1cc(I)ccc1Nc1cc(-n2cccc2)c(Cl)cc1C(=O)NO. The molecular formula is C18H15ClIN3O2. The van der Waals surface area contributed by atoms with Gasteiger partial charge in [-0.05, 0) is 77.5 Å². The number of hydroxylamine groups is 1. The van der Waals surface area contributed by atoms with E-state index in [1.807, 2.05) is 54.2 Å². The standard InChI is InChI=1S/C18H15ClIN3O2/c1-11-8-12(20)4-5-15(11)21-16-10-17(23-6-2-3-7-23)14(19)9-13(16)18(24)22-25/h2-10,21,25H,1H3,(H,22,24). The quantitative estimate of drug-likeness (QED) is 0.290. The minimum atomic E-state index is -0.633. The van der Waals surface area contributed by atoms with E-state index in [1.165, 1.54) is 6.07 Å². The van der Waals surface area contributed by atoms with Gasteiger partial charge in [0.2, 0.25) is 0 Å². The highest BCUT2D eigenvalue weighted by molar-refractivity contribution is 14.1. The predicted molar refractivity (Wildman–Crippen MR) is 107 cm³/mol. The summed E-state index contributed by atoms with van der Waals surface area (Å²) in [5, 5.41) is 12.7. The lowest BCUT2D eigenvalue weighted by atomic mass is 10.1. The van der Waals surface area contributed by atoms with Crippen molar-refractivity contribution >= 4 is 51.5 Å². The first kappa shape index (κ1) is 17.8. The second kappa shape index (κ2) is 7.47. The second-order valence-corrected chi connectivity index (χ2v) is 7.12. The van der Waals surface area contributed by atoms with Crippen molar-refractivity contribution in [3.63, 3.8) is 0 Å². The van der Waals surface area contributed by atoms with Crippen LogP contribution in [0.3, 0.4) is 0 Å². The molecule has 0 aliphatic carbocycles. The van der Waals surface area contributed by atoms with Gasteiger partial charge in [0.25, 0.3) is 5.91 Å². The van der Waals surface area contributed by atoms with Crippen LogP contribution in [0.5, 0.6) is 0 Å². The van der Waals surface area contributed by atoms with Crippen LogP contribution in [0, 0.1) is 10.5 Å². The first-order valence-corrected chi connectivity index (χ1v) is 8.90. The van der Waals surface area contributed by atoms with Gasteiger partial charge in [0.1, 0.15) is 0 Å². The zero-order valence-corrected chi connectivity index (χ0v) is 16.2. The van der Waals surface area contributed by atoms with Gasteiger partial charge in [-0.3, -0.25) is 10.0 Å². The van der Waals surface area contributed by atoms with E-state index in [1.54, 1.807) is 11.5 Å². The van der Waals surface area contributed by atoms with Gasteiger partial charge in [-0.15, -0.1) is 0 Å². The zero-order chi connectivity index (χ0) is 18.0. The summed E-state index contributed by atoms with van der Waals surface area (Å²) in [6.07, 6.45) is 3.74. The molecule has 0 aliphatic rings. The molecule has 2 aromatic carbocycles. The molecule has 128 valence electrons. The Morgan fingerprint density at radius 3 is 2.52 bits per heavy atom. The lowest BCUT2D eigenvalue weighted by Crippen LogP contribution is -2.20. The predicted octanol–water partition coefficient (Wildman–Crippen LogP) is 4.91. The van der Waals surface area contributed by atoms with Gasteiger partial charge < -0.3 is 9.88 Å². The van der Waals surface area contributed by atoms with E-state index in [2.05, 4.69) is 27.9 Å². The first-order chi connectivity index (χ1) is 12.0. The minimum absolute atomic E-state index is 0.251. The van der Waals surface area contributed by atoms with Crippen LogP contribution in [-0.4, -0.2) is 15.7 Å². The van der Waals surface area contributed by atoms with Crippen molar-refractivity contribution in [1.82, 2.24) is 10.0 Å². The number of nitrogens with one attached hydrogen (secondary N) is 2. The topological polar surface area (TPSA) is 66.3 Å². The maximum Gasteiger partial charge on any atom is 0.276 e. The highest BCUT2D eigenvalue weighted by Gasteiger charge is 2.16. The van der Waals surface area contributed by atoms with Crippen molar-refractivity contribution in [2.75, 3.05) is 5.32 Å². The number of rotatable bonds is 4. The molecule has 0 saturated heterocycles. The fourth-order valence-corrected chi connectivity index (χ4v) is 3.43. The smallest absolute Gasteiger partial charge is 0.276 e. The van der Waals surface area contributed by atoms with Crippen LogP contribution in [0.2, 0.25) is 5.02 Å². The highest BCUT2D eigenvalue weighted by atomic mass is 127. The minimum Gasteiger partial charge on any atom is -0.355 e. The summed E-state index contributed by atoms with van der Waals surface area (Å²) in [6.45, 7) is 1.99. The molecule has 1 amide bonds. The number of carbonyl (C=O) groups is 1. The molecule has 0 fully saturated rings. The maximum atomic E-state index is 12.0. The number of amides is 1. The Labute approximate surface area is 163 Å². The molecule has 1 heterocycles. The van der Waals surface area contributed by atoms with E-state index >= 15 is 0 Å². The largest absolute Gasteiger partial charge is 0.355 e. The zero-order valence-electron chi connectivity index (χ0n) is 13.3. The van der Waals surface area contributed by atoms with E-state index < -0.39 is 5.91 Å². The van der Waals surface area contributed by atoms with Gasteiger partial charge in [-0.25, -0.2) is 5.48 Å². The van der Waals surface area contributed by atoms with Crippen molar-refractivity contribution in [1.29, 1.82) is 0 Å². The van der Waals surface area contributed by atoms with Crippen molar-refractivity contribution in [3.8, 4) is 5.69 Å². The summed E-state index contributed by atoms with van der Waals surface area (Å²) >= 11 is 8.59. The Morgan fingerprint density at radius 1 is 1.16 bits per heavy atom. The molecule has 25 heavy (non-hydrogen) atoms. The Hall–Kier alpha value is -2.03. The second-order valence-electron chi connectivity index (χ2n) is 5.46. The van der Waals surface area contributed by atoms with Crippen molar-refractivity contribution in [2.24, 2.45) is 0 Å². The molecule has 0 bridgehead atoms. The number of aryl methyl sites for hydroxylation is 1. The van der Waals surface area contributed by atoms with Crippen molar-refractivity contribution in [2.45, 2.75) is 6.92 Å². The maximum absolute atomic E-state index is 12.0. The molecule has 0 saturated carbocycles.